The van der Waals surface area contributed by atoms with E-state index in [1.165, 1.54) is 30.6 Å². The molecule has 1 amide bonds. The van der Waals surface area contributed by atoms with Crippen molar-refractivity contribution in [2.75, 3.05) is 6.73 Å². The zero-order valence-electron chi connectivity index (χ0n) is 17.5. The summed E-state index contributed by atoms with van der Waals surface area (Å²) >= 11 is 6.05. The van der Waals surface area contributed by atoms with Gasteiger partial charge in [-0.25, -0.2) is 9.67 Å². The minimum Gasteiger partial charge on any atom is -0.346 e. The highest BCUT2D eigenvalue weighted by Crippen LogP contribution is 2.40. The Labute approximate surface area is 193 Å². The van der Waals surface area contributed by atoms with Gasteiger partial charge in [0.1, 0.15) is 25.0 Å². The number of hydrogen-bond acceptors (Lipinski definition) is 4. The van der Waals surface area contributed by atoms with Gasteiger partial charge in [0.2, 0.25) is 5.91 Å². The number of carbonyl (C=O) groups is 1. The first-order valence-electron chi connectivity index (χ1n) is 10.1. The fourth-order valence-electron chi connectivity index (χ4n) is 3.85. The van der Waals surface area contributed by atoms with E-state index in [4.69, 9.17) is 16.3 Å². The van der Waals surface area contributed by atoms with Crippen molar-refractivity contribution in [3.63, 3.8) is 0 Å². The Kier molecular flexibility index (Phi) is 6.27. The van der Waals surface area contributed by atoms with Gasteiger partial charge in [-0.3, -0.25) is 4.79 Å². The molecule has 0 N–H and O–H groups in total. The van der Waals surface area contributed by atoms with Crippen molar-refractivity contribution in [1.29, 1.82) is 0 Å². The molecular formula is C23H20ClF3N4O2. The van der Waals surface area contributed by atoms with Gasteiger partial charge < -0.3 is 9.64 Å². The van der Waals surface area contributed by atoms with E-state index in [0.717, 1.165) is 17.7 Å². The van der Waals surface area contributed by atoms with Gasteiger partial charge in [0.05, 0.1) is 18.2 Å². The van der Waals surface area contributed by atoms with Gasteiger partial charge in [0.25, 0.3) is 0 Å². The van der Waals surface area contributed by atoms with Crippen LogP contribution in [-0.2, 0) is 27.9 Å². The normalized spacial score (nSPS) is 21.1. The lowest BCUT2D eigenvalue weighted by molar-refractivity contribution is -0.137. The van der Waals surface area contributed by atoms with E-state index in [1.807, 2.05) is 19.1 Å². The minimum atomic E-state index is -4.41. The van der Waals surface area contributed by atoms with Crippen LogP contribution in [0.5, 0.6) is 0 Å². The predicted octanol–water partition coefficient (Wildman–Crippen LogP) is 4.76. The third-order valence-corrected chi connectivity index (χ3v) is 5.99. The first kappa shape index (κ1) is 23.0. The molecule has 0 radical (unpaired) electrons. The molecule has 2 atom stereocenters. The molecule has 33 heavy (non-hydrogen) atoms. The Hall–Kier alpha value is -3.17. The van der Waals surface area contributed by atoms with Crippen LogP contribution >= 0.6 is 11.6 Å². The second-order valence-electron chi connectivity index (χ2n) is 7.70. The van der Waals surface area contributed by atoms with Crippen LogP contribution < -0.4 is 0 Å². The van der Waals surface area contributed by atoms with Crippen LogP contribution in [0.3, 0.4) is 0 Å². The van der Waals surface area contributed by atoms with E-state index in [9.17, 15) is 18.0 Å². The van der Waals surface area contributed by atoms with Gasteiger partial charge >= 0.3 is 6.18 Å². The molecule has 4 rings (SSSR count). The molecule has 0 aliphatic carbocycles. The fourth-order valence-corrected chi connectivity index (χ4v) is 3.98. The topological polar surface area (TPSA) is 60.2 Å². The molecule has 1 aliphatic rings. The lowest BCUT2D eigenvalue weighted by atomic mass is 9.87. The molecule has 1 aromatic heterocycles. The van der Waals surface area contributed by atoms with Gasteiger partial charge in [-0.15, -0.1) is 0 Å². The Morgan fingerprint density at radius 2 is 1.91 bits per heavy atom. The standard InChI is InChI=1S/C23H20ClF3N4O2/c1-16-22(12-30-14-28-13-29-30,18-7-9-20(24)10-8-18)33-15-31(16)21(32)11-4-17-2-5-19(6-3-17)23(25,26)27/h2-11,13-14,16H,12,15H2,1H3/b11-4+. The van der Waals surface area contributed by atoms with Crippen molar-refractivity contribution in [2.45, 2.75) is 31.3 Å². The van der Waals surface area contributed by atoms with Gasteiger partial charge in [0, 0.05) is 11.1 Å². The van der Waals surface area contributed by atoms with Crippen LogP contribution in [-0.4, -0.2) is 38.3 Å². The Morgan fingerprint density at radius 3 is 2.52 bits per heavy atom. The SMILES string of the molecule is CC1N(C(=O)/C=C/c2ccc(C(F)(F)F)cc2)COC1(Cn1cncn1)c1ccc(Cl)cc1. The number of nitrogens with zero attached hydrogens (tertiary/aromatic N) is 4. The predicted molar refractivity (Wildman–Crippen MR) is 116 cm³/mol. The number of benzene rings is 2. The number of carbonyl (C=O) groups excluding carboxylic acids is 1. The zero-order chi connectivity index (χ0) is 23.6. The summed E-state index contributed by atoms with van der Waals surface area (Å²) in [5.41, 5.74) is -0.322. The minimum absolute atomic E-state index is 0.0364. The number of hydrogen-bond donors (Lipinski definition) is 0. The van der Waals surface area contributed by atoms with Crippen molar-refractivity contribution < 1.29 is 22.7 Å². The van der Waals surface area contributed by atoms with Gasteiger partial charge in [-0.2, -0.15) is 18.3 Å². The van der Waals surface area contributed by atoms with Crippen molar-refractivity contribution in [2.24, 2.45) is 0 Å². The van der Waals surface area contributed by atoms with E-state index in [-0.39, 0.29) is 18.7 Å². The highest BCUT2D eigenvalue weighted by atomic mass is 35.5. The van der Waals surface area contributed by atoms with E-state index in [0.29, 0.717) is 17.1 Å². The van der Waals surface area contributed by atoms with Crippen LogP contribution in [0, 0.1) is 0 Å². The summed E-state index contributed by atoms with van der Waals surface area (Å²) in [6, 6.07) is 11.4. The summed E-state index contributed by atoms with van der Waals surface area (Å²) < 4.78 is 46.1. The molecule has 1 aliphatic heterocycles. The summed E-state index contributed by atoms with van der Waals surface area (Å²) in [7, 11) is 0. The maximum absolute atomic E-state index is 13.0. The number of ether oxygens (including phenoxy) is 1. The molecule has 1 fully saturated rings. The Bertz CT molecular complexity index is 1130. The molecule has 0 spiro atoms. The highest BCUT2D eigenvalue weighted by molar-refractivity contribution is 6.30. The van der Waals surface area contributed by atoms with Crippen LogP contribution in [0.25, 0.3) is 6.08 Å². The van der Waals surface area contributed by atoms with E-state index < -0.39 is 17.3 Å². The van der Waals surface area contributed by atoms with Crippen LogP contribution in [0.2, 0.25) is 5.02 Å². The summed E-state index contributed by atoms with van der Waals surface area (Å²) in [6.45, 7) is 2.24. The van der Waals surface area contributed by atoms with Crippen molar-refractivity contribution in [3.05, 3.63) is 89.0 Å². The second kappa shape index (κ2) is 8.99. The number of aromatic nitrogens is 3. The smallest absolute Gasteiger partial charge is 0.346 e. The highest BCUT2D eigenvalue weighted by Gasteiger charge is 2.49. The van der Waals surface area contributed by atoms with Gasteiger partial charge in [-0.1, -0.05) is 35.9 Å². The Morgan fingerprint density at radius 1 is 1.21 bits per heavy atom. The molecular weight excluding hydrogens is 457 g/mol. The summed E-state index contributed by atoms with van der Waals surface area (Å²) in [5, 5.41) is 4.75. The van der Waals surface area contributed by atoms with E-state index in [1.54, 1.807) is 28.0 Å². The maximum Gasteiger partial charge on any atom is 0.416 e. The average Bonchev–Trinajstić information content (AvgIpc) is 3.41. The first-order chi connectivity index (χ1) is 15.7. The molecule has 3 aromatic rings. The molecule has 10 heteroatoms. The molecule has 1 saturated heterocycles. The van der Waals surface area contributed by atoms with Crippen LogP contribution in [0.1, 0.15) is 23.6 Å². The molecule has 2 unspecified atom stereocenters. The third-order valence-electron chi connectivity index (χ3n) is 5.74. The maximum atomic E-state index is 13.0. The summed E-state index contributed by atoms with van der Waals surface area (Å²) in [5.74, 6) is -0.322. The molecule has 0 bridgehead atoms. The number of rotatable bonds is 5. The lowest BCUT2D eigenvalue weighted by Crippen LogP contribution is -2.45. The molecule has 172 valence electrons. The monoisotopic (exact) mass is 476 g/mol. The number of alkyl halides is 3. The van der Waals surface area contributed by atoms with Crippen molar-refractivity contribution in [3.8, 4) is 0 Å². The quantitative estimate of drug-likeness (QED) is 0.498. The number of halogens is 4. The first-order valence-corrected chi connectivity index (χ1v) is 10.5. The average molecular weight is 477 g/mol. The van der Waals surface area contributed by atoms with Crippen LogP contribution in [0.4, 0.5) is 13.2 Å². The molecule has 0 saturated carbocycles. The van der Waals surface area contributed by atoms with Crippen molar-refractivity contribution >= 4 is 23.6 Å². The zero-order valence-corrected chi connectivity index (χ0v) is 18.3. The summed E-state index contributed by atoms with van der Waals surface area (Å²) in [6.07, 6.45) is 1.40. The van der Waals surface area contributed by atoms with E-state index >= 15 is 0 Å². The van der Waals surface area contributed by atoms with Crippen molar-refractivity contribution in [1.82, 2.24) is 19.7 Å². The molecule has 6 nitrogen and oxygen atoms in total. The van der Waals surface area contributed by atoms with Gasteiger partial charge in [0.15, 0.2) is 0 Å². The van der Waals surface area contributed by atoms with Gasteiger partial charge in [-0.05, 0) is 48.4 Å². The number of amides is 1. The van der Waals surface area contributed by atoms with E-state index in [2.05, 4.69) is 10.1 Å². The Balaban J connectivity index is 1.56. The molecule has 2 heterocycles. The molecule has 2 aromatic carbocycles. The fraction of sp³-hybridized carbons (Fsp3) is 0.261. The second-order valence-corrected chi connectivity index (χ2v) is 8.14. The van der Waals surface area contributed by atoms with Crippen LogP contribution in [0.15, 0.2) is 67.3 Å². The third kappa shape index (κ3) is 4.79. The summed E-state index contributed by atoms with van der Waals surface area (Å²) in [4.78, 5) is 18.5. The largest absolute Gasteiger partial charge is 0.416 e. The lowest BCUT2D eigenvalue weighted by Gasteiger charge is -2.34.